The average Bonchev–Trinajstić information content (AvgIpc) is 2.87. The van der Waals surface area contributed by atoms with Gasteiger partial charge >= 0.3 is 5.97 Å². The highest BCUT2D eigenvalue weighted by Gasteiger charge is 2.33. The van der Waals surface area contributed by atoms with Crippen molar-refractivity contribution in [1.29, 1.82) is 0 Å². The molecule has 3 rings (SSSR count). The van der Waals surface area contributed by atoms with E-state index < -0.39 is 41.4 Å². The van der Waals surface area contributed by atoms with Crippen molar-refractivity contribution >= 4 is 46.7 Å². The van der Waals surface area contributed by atoms with Gasteiger partial charge in [0.1, 0.15) is 29.5 Å². The maximum atomic E-state index is 13.4. The van der Waals surface area contributed by atoms with E-state index in [1.807, 2.05) is 0 Å². The first-order valence-corrected chi connectivity index (χ1v) is 13.3. The van der Waals surface area contributed by atoms with E-state index in [9.17, 15) is 23.9 Å². The molecule has 2 aromatic carbocycles. The highest BCUT2D eigenvalue weighted by molar-refractivity contribution is 6.31. The Morgan fingerprint density at radius 2 is 1.93 bits per heavy atom. The van der Waals surface area contributed by atoms with Crippen molar-refractivity contribution in [2.75, 3.05) is 37.7 Å². The second-order valence-corrected chi connectivity index (χ2v) is 10.9. The van der Waals surface area contributed by atoms with Gasteiger partial charge in [-0.25, -0.2) is 4.39 Å². The predicted octanol–water partition coefficient (Wildman–Crippen LogP) is 3.10. The number of amides is 2. The third kappa shape index (κ3) is 9.72. The number of hydrogen-bond acceptors (Lipinski definition) is 8. The molecule has 1 aliphatic heterocycles. The maximum Gasteiger partial charge on any atom is 0.326 e. The summed E-state index contributed by atoms with van der Waals surface area (Å²) in [7, 11) is 0. The fourth-order valence-electron chi connectivity index (χ4n) is 3.72. The van der Waals surface area contributed by atoms with Crippen LogP contribution in [0.4, 0.5) is 10.1 Å². The van der Waals surface area contributed by atoms with Crippen LogP contribution in [0.5, 0.6) is 11.5 Å². The van der Waals surface area contributed by atoms with Gasteiger partial charge in [0.25, 0.3) is 11.8 Å². The Bertz CT molecular complexity index is 1230. The molecule has 2 amide bonds. The normalized spacial score (nSPS) is 15.4. The average molecular weight is 600 g/mol. The minimum absolute atomic E-state index is 0.0603. The number of carbonyl (C=O) groups is 3. The molecule has 2 aromatic rings. The molecule has 0 radical (unpaired) electrons. The van der Waals surface area contributed by atoms with E-state index in [-0.39, 0.29) is 50.0 Å². The molecular weight excluding hydrogens is 568 g/mol. The number of benzene rings is 2. The number of rotatable bonds is 11. The van der Waals surface area contributed by atoms with Gasteiger partial charge in [-0.15, -0.1) is 0 Å². The Kier molecular flexibility index (Phi) is 10.8. The van der Waals surface area contributed by atoms with Gasteiger partial charge in [-0.05, 0) is 57.5 Å². The smallest absolute Gasteiger partial charge is 0.326 e. The lowest BCUT2D eigenvalue weighted by atomic mass is 10.1. The van der Waals surface area contributed by atoms with Crippen molar-refractivity contribution in [3.05, 3.63) is 52.3 Å². The molecule has 218 valence electrons. The second kappa shape index (κ2) is 13.9. The minimum atomic E-state index is -0.948. The number of ether oxygens (including phenoxy) is 3. The van der Waals surface area contributed by atoms with Gasteiger partial charge in [-0.1, -0.05) is 23.2 Å². The van der Waals surface area contributed by atoms with E-state index >= 15 is 0 Å². The number of carbonyl (C=O) groups excluding carboxylic acids is 3. The molecule has 0 fully saturated rings. The monoisotopic (exact) mass is 599 g/mol. The minimum Gasteiger partial charge on any atom is -0.484 e. The first kappa shape index (κ1) is 31.3. The van der Waals surface area contributed by atoms with Crippen molar-refractivity contribution in [2.45, 2.75) is 45.0 Å². The van der Waals surface area contributed by atoms with E-state index in [1.54, 1.807) is 43.9 Å². The number of aliphatic hydroxyl groups is 1. The Labute approximate surface area is 241 Å². The molecule has 1 aliphatic rings. The van der Waals surface area contributed by atoms with Crippen LogP contribution in [-0.4, -0.2) is 73.5 Å². The zero-order valence-corrected chi connectivity index (χ0v) is 23.9. The zero-order valence-electron chi connectivity index (χ0n) is 22.3. The first-order valence-electron chi connectivity index (χ1n) is 12.5. The SMILES string of the molecule is CC(C)(C)OC(=O)CN1C[C@@H](C(=O)NCC[C@H](O)CNC(=O)COc2ccc(Cl)c(F)c2)Oc2ccc(Cl)cc21. The number of aliphatic hydroxyl groups excluding tert-OH is 1. The fraction of sp³-hybridized carbons (Fsp3) is 0.444. The molecule has 0 saturated carbocycles. The van der Waals surface area contributed by atoms with Crippen molar-refractivity contribution in [3.8, 4) is 11.5 Å². The maximum absolute atomic E-state index is 13.4. The molecule has 2 atom stereocenters. The van der Waals surface area contributed by atoms with E-state index in [0.29, 0.717) is 16.5 Å². The quantitative estimate of drug-likeness (QED) is 0.336. The number of nitrogens with zero attached hydrogens (tertiary/aromatic N) is 1. The third-order valence-electron chi connectivity index (χ3n) is 5.52. The van der Waals surface area contributed by atoms with E-state index in [2.05, 4.69) is 10.6 Å². The summed E-state index contributed by atoms with van der Waals surface area (Å²) in [6.07, 6.45) is -1.73. The number of anilines is 1. The van der Waals surface area contributed by atoms with Crippen LogP contribution in [0.25, 0.3) is 0 Å². The van der Waals surface area contributed by atoms with Crippen LogP contribution in [0.3, 0.4) is 0 Å². The lowest BCUT2D eigenvalue weighted by molar-refractivity contribution is -0.153. The number of nitrogens with one attached hydrogen (secondary N) is 2. The van der Waals surface area contributed by atoms with Gasteiger partial charge in [0.05, 0.1) is 23.4 Å². The fourth-order valence-corrected chi connectivity index (χ4v) is 4.00. The Morgan fingerprint density at radius 3 is 2.62 bits per heavy atom. The summed E-state index contributed by atoms with van der Waals surface area (Å²) in [6.45, 7) is 4.92. The van der Waals surface area contributed by atoms with Crippen molar-refractivity contribution in [3.63, 3.8) is 0 Å². The number of halogens is 3. The van der Waals surface area contributed by atoms with E-state index in [1.165, 1.54) is 12.1 Å². The first-order chi connectivity index (χ1) is 18.8. The molecule has 0 spiro atoms. The standard InChI is InChI=1S/C27H32Cl2FN3O7/c1-27(2,3)40-25(36)14-33-13-23(39-22-7-4-16(28)10-21(22)33)26(37)31-9-8-17(34)12-32-24(35)15-38-18-5-6-19(29)20(30)11-18/h4-7,10-11,17,23,34H,8-9,12-15H2,1-3H3,(H,31,37)(H,32,35)/t17-,23-/m0/s1. The largest absolute Gasteiger partial charge is 0.484 e. The van der Waals surface area contributed by atoms with Gasteiger partial charge in [0.2, 0.25) is 0 Å². The van der Waals surface area contributed by atoms with Gasteiger partial charge in [0.15, 0.2) is 12.7 Å². The molecule has 13 heteroatoms. The summed E-state index contributed by atoms with van der Waals surface area (Å²) in [5, 5.41) is 15.8. The molecule has 1 heterocycles. The van der Waals surface area contributed by atoms with E-state index in [0.717, 1.165) is 6.07 Å². The van der Waals surface area contributed by atoms with Crippen molar-refractivity contribution in [2.24, 2.45) is 0 Å². The van der Waals surface area contributed by atoms with Gasteiger partial charge in [-0.3, -0.25) is 14.4 Å². The molecule has 40 heavy (non-hydrogen) atoms. The van der Waals surface area contributed by atoms with Crippen LogP contribution in [0, 0.1) is 5.82 Å². The molecular formula is C27H32Cl2FN3O7. The van der Waals surface area contributed by atoms with Crippen LogP contribution in [0.15, 0.2) is 36.4 Å². The van der Waals surface area contributed by atoms with Gasteiger partial charge in [-0.2, -0.15) is 0 Å². The van der Waals surface area contributed by atoms with Crippen LogP contribution < -0.4 is 25.0 Å². The number of fused-ring (bicyclic) bond motifs is 1. The van der Waals surface area contributed by atoms with Crippen LogP contribution in [0.2, 0.25) is 10.0 Å². The lowest BCUT2D eigenvalue weighted by Crippen LogP contribution is -2.51. The molecule has 0 aromatic heterocycles. The van der Waals surface area contributed by atoms with E-state index in [4.69, 9.17) is 37.4 Å². The molecule has 0 saturated heterocycles. The summed E-state index contributed by atoms with van der Waals surface area (Å²) < 4.78 is 29.9. The summed E-state index contributed by atoms with van der Waals surface area (Å²) in [5.41, 5.74) is -0.0976. The molecule has 0 bridgehead atoms. The molecule has 3 N–H and O–H groups in total. The van der Waals surface area contributed by atoms with Crippen molar-refractivity contribution in [1.82, 2.24) is 10.6 Å². The zero-order chi connectivity index (χ0) is 29.4. The summed E-state index contributed by atoms with van der Waals surface area (Å²) in [4.78, 5) is 39.0. The third-order valence-corrected chi connectivity index (χ3v) is 6.06. The number of esters is 1. The van der Waals surface area contributed by atoms with Gasteiger partial charge < -0.3 is 34.9 Å². The highest BCUT2D eigenvalue weighted by Crippen LogP contribution is 2.35. The highest BCUT2D eigenvalue weighted by atomic mass is 35.5. The second-order valence-electron chi connectivity index (χ2n) is 10.1. The Morgan fingerprint density at radius 1 is 1.18 bits per heavy atom. The number of hydrogen-bond donors (Lipinski definition) is 3. The summed E-state index contributed by atoms with van der Waals surface area (Å²) >= 11 is 11.7. The Balaban J connectivity index is 1.44. The molecule has 0 aliphatic carbocycles. The lowest BCUT2D eigenvalue weighted by Gasteiger charge is -2.35. The summed E-state index contributed by atoms with van der Waals surface area (Å²) in [5.74, 6) is -1.55. The van der Waals surface area contributed by atoms with Crippen LogP contribution in [-0.2, 0) is 19.1 Å². The van der Waals surface area contributed by atoms with Gasteiger partial charge in [0, 0.05) is 24.2 Å². The predicted molar refractivity (Wildman–Crippen MR) is 147 cm³/mol. The topological polar surface area (TPSA) is 126 Å². The van der Waals surface area contributed by atoms with Crippen LogP contribution in [0.1, 0.15) is 27.2 Å². The van der Waals surface area contributed by atoms with Crippen molar-refractivity contribution < 1.29 is 38.1 Å². The van der Waals surface area contributed by atoms with Crippen LogP contribution >= 0.6 is 23.2 Å². The summed E-state index contributed by atoms with van der Waals surface area (Å²) in [6, 6.07) is 8.70. The molecule has 10 nitrogen and oxygen atoms in total. The Hall–Kier alpha value is -3.28. The molecule has 0 unspecified atom stereocenters.